The van der Waals surface area contributed by atoms with E-state index in [0.29, 0.717) is 22.7 Å². The van der Waals surface area contributed by atoms with Crippen LogP contribution in [0.1, 0.15) is 5.56 Å². The van der Waals surface area contributed by atoms with Gasteiger partial charge in [-0.05, 0) is 24.3 Å². The zero-order valence-corrected chi connectivity index (χ0v) is 13.2. The Labute approximate surface area is 140 Å². The fraction of sp³-hybridized carbons (Fsp3) is 0.176. The molecular weight excluding hydrogens is 335 g/mol. The number of aliphatic carboxylic acids is 1. The highest BCUT2D eigenvalue weighted by molar-refractivity contribution is 5.81. The average Bonchev–Trinajstić information content (AvgIpc) is 2.93. The van der Waals surface area contributed by atoms with Crippen molar-refractivity contribution in [2.24, 2.45) is 0 Å². The first kappa shape index (κ1) is 16.8. The summed E-state index contributed by atoms with van der Waals surface area (Å²) in [7, 11) is 1.59. The first-order chi connectivity index (χ1) is 11.8. The molecule has 1 N–H and O–H groups in total. The Balaban J connectivity index is 2.09. The fourth-order valence-electron chi connectivity index (χ4n) is 2.59. The van der Waals surface area contributed by atoms with E-state index in [4.69, 9.17) is 5.11 Å². The van der Waals surface area contributed by atoms with Crippen molar-refractivity contribution in [3.63, 3.8) is 0 Å². The summed E-state index contributed by atoms with van der Waals surface area (Å²) in [6, 6.07) is 10.1. The third-order valence-corrected chi connectivity index (χ3v) is 3.73. The predicted octanol–water partition coefficient (Wildman–Crippen LogP) is 3.54. The van der Waals surface area contributed by atoms with Crippen LogP contribution in [0, 0.1) is 0 Å². The Morgan fingerprint density at radius 2 is 1.88 bits per heavy atom. The van der Waals surface area contributed by atoms with Gasteiger partial charge in [0.2, 0.25) is 5.95 Å². The van der Waals surface area contributed by atoms with Gasteiger partial charge in [0, 0.05) is 18.8 Å². The number of imidazole rings is 1. The van der Waals surface area contributed by atoms with Gasteiger partial charge in [-0.25, -0.2) is 4.98 Å². The SMILES string of the molecule is CN(CC(=O)O)c1nc(-c2ccc(C(F)(F)F)cc2)c2ccccn12. The van der Waals surface area contributed by atoms with Crippen LogP contribution in [0.3, 0.4) is 0 Å². The lowest BCUT2D eigenvalue weighted by atomic mass is 10.1. The molecule has 2 aromatic heterocycles. The summed E-state index contributed by atoms with van der Waals surface area (Å²) < 4.78 is 39.9. The minimum Gasteiger partial charge on any atom is -0.480 e. The molecule has 1 aromatic carbocycles. The average molecular weight is 349 g/mol. The zero-order chi connectivity index (χ0) is 18.2. The molecule has 0 saturated carbocycles. The quantitative estimate of drug-likeness (QED) is 0.783. The first-order valence-electron chi connectivity index (χ1n) is 7.35. The number of halogens is 3. The molecule has 0 aliphatic heterocycles. The number of carboxylic acids is 1. The van der Waals surface area contributed by atoms with Crippen LogP contribution >= 0.6 is 0 Å². The summed E-state index contributed by atoms with van der Waals surface area (Å²) in [4.78, 5) is 16.9. The maximum atomic E-state index is 12.7. The molecule has 8 heteroatoms. The van der Waals surface area contributed by atoms with Crippen molar-refractivity contribution in [1.82, 2.24) is 9.38 Å². The summed E-state index contributed by atoms with van der Waals surface area (Å²) in [5.74, 6) is -0.612. The molecule has 0 amide bonds. The van der Waals surface area contributed by atoms with Crippen molar-refractivity contribution >= 4 is 17.4 Å². The maximum absolute atomic E-state index is 12.7. The van der Waals surface area contributed by atoms with Crippen LogP contribution in [-0.4, -0.2) is 34.1 Å². The number of anilines is 1. The largest absolute Gasteiger partial charge is 0.480 e. The number of alkyl halides is 3. The third-order valence-electron chi connectivity index (χ3n) is 3.73. The molecule has 2 heterocycles. The molecule has 0 unspecified atom stereocenters. The van der Waals surface area contributed by atoms with Crippen LogP contribution in [0.2, 0.25) is 0 Å². The van der Waals surface area contributed by atoms with E-state index in [-0.39, 0.29) is 6.54 Å². The number of likely N-dealkylation sites (N-methyl/N-ethyl adjacent to an activating group) is 1. The van der Waals surface area contributed by atoms with Crippen LogP contribution in [0.25, 0.3) is 16.8 Å². The molecule has 130 valence electrons. The normalized spacial score (nSPS) is 11.7. The van der Waals surface area contributed by atoms with Crippen LogP contribution in [0.15, 0.2) is 48.7 Å². The number of rotatable bonds is 4. The second kappa shape index (κ2) is 6.12. The number of pyridine rings is 1. The summed E-state index contributed by atoms with van der Waals surface area (Å²) in [6.45, 7) is -0.250. The van der Waals surface area contributed by atoms with E-state index < -0.39 is 17.7 Å². The van der Waals surface area contributed by atoms with E-state index in [0.717, 1.165) is 12.1 Å². The van der Waals surface area contributed by atoms with Gasteiger partial charge in [-0.1, -0.05) is 18.2 Å². The van der Waals surface area contributed by atoms with Crippen LogP contribution in [0.5, 0.6) is 0 Å². The Morgan fingerprint density at radius 1 is 1.20 bits per heavy atom. The summed E-state index contributed by atoms with van der Waals surface area (Å²) >= 11 is 0. The number of aromatic nitrogens is 2. The van der Waals surface area contributed by atoms with Gasteiger partial charge in [-0.2, -0.15) is 13.2 Å². The molecule has 0 spiro atoms. The summed E-state index contributed by atoms with van der Waals surface area (Å²) in [5.41, 5.74) is 0.950. The van der Waals surface area contributed by atoms with Crippen molar-refractivity contribution in [3.05, 3.63) is 54.2 Å². The van der Waals surface area contributed by atoms with E-state index in [1.54, 1.807) is 35.8 Å². The van der Waals surface area contributed by atoms with E-state index in [1.807, 2.05) is 0 Å². The number of nitrogens with zero attached hydrogens (tertiary/aromatic N) is 3. The maximum Gasteiger partial charge on any atom is 0.416 e. The van der Waals surface area contributed by atoms with Crippen molar-refractivity contribution < 1.29 is 23.1 Å². The molecule has 0 atom stereocenters. The lowest BCUT2D eigenvalue weighted by molar-refractivity contribution is -0.137. The minimum atomic E-state index is -4.40. The summed E-state index contributed by atoms with van der Waals surface area (Å²) in [5, 5.41) is 8.96. The molecule has 0 bridgehead atoms. The molecule has 0 saturated heterocycles. The highest BCUT2D eigenvalue weighted by Gasteiger charge is 2.30. The van der Waals surface area contributed by atoms with Crippen molar-refractivity contribution in [3.8, 4) is 11.3 Å². The van der Waals surface area contributed by atoms with Gasteiger partial charge in [0.05, 0.1) is 16.8 Å². The number of fused-ring (bicyclic) bond motifs is 1. The van der Waals surface area contributed by atoms with E-state index >= 15 is 0 Å². The number of hydrogen-bond acceptors (Lipinski definition) is 3. The number of hydrogen-bond donors (Lipinski definition) is 1. The number of benzene rings is 1. The zero-order valence-electron chi connectivity index (χ0n) is 13.2. The monoisotopic (exact) mass is 349 g/mol. The smallest absolute Gasteiger partial charge is 0.416 e. The van der Waals surface area contributed by atoms with Gasteiger partial charge in [-0.3, -0.25) is 9.20 Å². The Hall–Kier alpha value is -3.03. The fourth-order valence-corrected chi connectivity index (χ4v) is 2.59. The topological polar surface area (TPSA) is 57.8 Å². The molecule has 3 aromatic rings. The Morgan fingerprint density at radius 3 is 2.48 bits per heavy atom. The molecule has 0 radical (unpaired) electrons. The van der Waals surface area contributed by atoms with Crippen molar-refractivity contribution in [2.75, 3.05) is 18.5 Å². The van der Waals surface area contributed by atoms with Crippen molar-refractivity contribution in [2.45, 2.75) is 6.18 Å². The van der Waals surface area contributed by atoms with Crippen molar-refractivity contribution in [1.29, 1.82) is 0 Å². The lowest BCUT2D eigenvalue weighted by Gasteiger charge is -2.14. The highest BCUT2D eigenvalue weighted by atomic mass is 19.4. The Bertz CT molecular complexity index is 917. The number of carbonyl (C=O) groups is 1. The molecule has 3 rings (SSSR count). The lowest BCUT2D eigenvalue weighted by Crippen LogP contribution is -2.26. The molecule has 5 nitrogen and oxygen atoms in total. The van der Waals surface area contributed by atoms with Gasteiger partial charge >= 0.3 is 12.1 Å². The van der Waals surface area contributed by atoms with E-state index in [2.05, 4.69) is 4.98 Å². The van der Waals surface area contributed by atoms with Gasteiger partial charge in [0.1, 0.15) is 6.54 Å². The van der Waals surface area contributed by atoms with Gasteiger partial charge in [-0.15, -0.1) is 0 Å². The second-order valence-corrected chi connectivity index (χ2v) is 5.54. The molecule has 0 fully saturated rings. The molecular formula is C17H14F3N3O2. The number of carboxylic acid groups (broad SMARTS) is 1. The predicted molar refractivity (Wildman–Crippen MR) is 86.5 cm³/mol. The molecule has 0 aliphatic carbocycles. The van der Waals surface area contributed by atoms with Gasteiger partial charge in [0.25, 0.3) is 0 Å². The molecule has 25 heavy (non-hydrogen) atoms. The van der Waals surface area contributed by atoms with Crippen LogP contribution in [-0.2, 0) is 11.0 Å². The Kier molecular flexibility index (Phi) is 4.12. The van der Waals surface area contributed by atoms with Gasteiger partial charge in [0.15, 0.2) is 0 Å². The minimum absolute atomic E-state index is 0.250. The highest BCUT2D eigenvalue weighted by Crippen LogP contribution is 2.33. The molecule has 0 aliphatic rings. The van der Waals surface area contributed by atoms with Crippen LogP contribution in [0.4, 0.5) is 19.1 Å². The first-order valence-corrected chi connectivity index (χ1v) is 7.35. The third kappa shape index (κ3) is 3.28. The van der Waals surface area contributed by atoms with E-state index in [1.165, 1.54) is 17.0 Å². The summed E-state index contributed by atoms with van der Waals surface area (Å²) in [6.07, 6.45) is -2.68. The van der Waals surface area contributed by atoms with E-state index in [9.17, 15) is 18.0 Å². The second-order valence-electron chi connectivity index (χ2n) is 5.54. The standard InChI is InChI=1S/C17H14F3N3O2/c1-22(10-14(24)25)16-21-15(13-4-2-3-9-23(13)16)11-5-7-12(8-6-11)17(18,19)20/h2-9H,10H2,1H3,(H,24,25). The van der Waals surface area contributed by atoms with Crippen LogP contribution < -0.4 is 4.90 Å². The van der Waals surface area contributed by atoms with Gasteiger partial charge < -0.3 is 10.0 Å².